The first-order chi connectivity index (χ1) is 10.9. The third kappa shape index (κ3) is 4.40. The Balaban J connectivity index is 2.03. The van der Waals surface area contributed by atoms with Gasteiger partial charge < -0.3 is 19.8 Å². The maximum absolute atomic E-state index is 12.1. The molecule has 1 aromatic carbocycles. The van der Waals surface area contributed by atoms with E-state index in [1.54, 1.807) is 12.1 Å². The van der Waals surface area contributed by atoms with Crippen molar-refractivity contribution in [3.8, 4) is 5.75 Å². The van der Waals surface area contributed by atoms with Crippen LogP contribution in [0, 0.1) is 0 Å². The second-order valence-corrected chi connectivity index (χ2v) is 5.49. The van der Waals surface area contributed by atoms with Gasteiger partial charge in [-0.05, 0) is 31.2 Å². The van der Waals surface area contributed by atoms with Crippen LogP contribution in [0.1, 0.15) is 17.4 Å². The standard InChI is InChI=1S/C15H14Cl2N2O4/c1-8(23-15(21)12-6-10(17)7-18-12)14(20)19-11-5-9(16)3-4-13(11)22-2/h3-8,18H,1-2H3,(H,19,20)/t8-/m1/s1. The summed E-state index contributed by atoms with van der Waals surface area (Å²) in [6, 6.07) is 6.20. The van der Waals surface area contributed by atoms with Crippen molar-refractivity contribution in [1.29, 1.82) is 0 Å². The van der Waals surface area contributed by atoms with Crippen LogP contribution in [0.15, 0.2) is 30.5 Å². The minimum Gasteiger partial charge on any atom is -0.495 e. The Hall–Kier alpha value is -2.18. The van der Waals surface area contributed by atoms with E-state index in [1.807, 2.05) is 0 Å². The lowest BCUT2D eigenvalue weighted by Gasteiger charge is -2.15. The summed E-state index contributed by atoms with van der Waals surface area (Å²) in [5, 5.41) is 3.41. The molecule has 0 saturated heterocycles. The molecule has 1 heterocycles. The normalized spacial score (nSPS) is 11.7. The van der Waals surface area contributed by atoms with E-state index >= 15 is 0 Å². The van der Waals surface area contributed by atoms with Crippen molar-refractivity contribution in [1.82, 2.24) is 4.98 Å². The van der Waals surface area contributed by atoms with Crippen molar-refractivity contribution in [2.45, 2.75) is 13.0 Å². The smallest absolute Gasteiger partial charge is 0.355 e. The highest BCUT2D eigenvalue weighted by Crippen LogP contribution is 2.27. The van der Waals surface area contributed by atoms with Gasteiger partial charge >= 0.3 is 5.97 Å². The van der Waals surface area contributed by atoms with Crippen LogP contribution in [-0.2, 0) is 9.53 Å². The number of methoxy groups -OCH3 is 1. The molecule has 6 nitrogen and oxygen atoms in total. The molecule has 2 aromatic rings. The number of aromatic nitrogens is 1. The highest BCUT2D eigenvalue weighted by molar-refractivity contribution is 6.31. The molecule has 0 spiro atoms. The number of hydrogen-bond acceptors (Lipinski definition) is 4. The third-order valence-corrected chi connectivity index (χ3v) is 3.39. The summed E-state index contributed by atoms with van der Waals surface area (Å²) in [4.78, 5) is 26.7. The van der Waals surface area contributed by atoms with Crippen molar-refractivity contribution in [3.05, 3.63) is 46.2 Å². The number of carbonyl (C=O) groups is 2. The monoisotopic (exact) mass is 356 g/mol. The summed E-state index contributed by atoms with van der Waals surface area (Å²) in [6.07, 6.45) is 0.424. The van der Waals surface area contributed by atoms with Gasteiger partial charge in [0.2, 0.25) is 0 Å². The van der Waals surface area contributed by atoms with Gasteiger partial charge in [0, 0.05) is 11.2 Å². The topological polar surface area (TPSA) is 80.4 Å². The van der Waals surface area contributed by atoms with Crippen molar-refractivity contribution < 1.29 is 19.1 Å². The number of halogens is 2. The fourth-order valence-corrected chi connectivity index (χ4v) is 2.11. The molecule has 1 aromatic heterocycles. The predicted molar refractivity (Wildman–Crippen MR) is 87.3 cm³/mol. The third-order valence-electron chi connectivity index (χ3n) is 2.94. The van der Waals surface area contributed by atoms with E-state index < -0.39 is 18.0 Å². The van der Waals surface area contributed by atoms with Crippen LogP contribution in [0.3, 0.4) is 0 Å². The summed E-state index contributed by atoms with van der Waals surface area (Å²) in [6.45, 7) is 1.45. The Morgan fingerprint density at radius 2 is 1.96 bits per heavy atom. The van der Waals surface area contributed by atoms with E-state index in [9.17, 15) is 9.59 Å². The average Bonchev–Trinajstić information content (AvgIpc) is 2.94. The average molecular weight is 357 g/mol. The number of nitrogens with one attached hydrogen (secondary N) is 2. The molecule has 23 heavy (non-hydrogen) atoms. The van der Waals surface area contributed by atoms with Crippen LogP contribution in [0.2, 0.25) is 10.0 Å². The van der Waals surface area contributed by atoms with Gasteiger partial charge in [-0.25, -0.2) is 4.79 Å². The first-order valence-electron chi connectivity index (χ1n) is 6.60. The highest BCUT2D eigenvalue weighted by Gasteiger charge is 2.21. The molecule has 0 saturated carbocycles. The fraction of sp³-hybridized carbons (Fsp3) is 0.200. The summed E-state index contributed by atoms with van der Waals surface area (Å²) < 4.78 is 10.2. The molecule has 122 valence electrons. The van der Waals surface area contributed by atoms with Crippen LogP contribution in [-0.4, -0.2) is 30.1 Å². The van der Waals surface area contributed by atoms with Gasteiger partial charge in [-0.2, -0.15) is 0 Å². The van der Waals surface area contributed by atoms with Gasteiger partial charge in [0.25, 0.3) is 5.91 Å². The first-order valence-corrected chi connectivity index (χ1v) is 7.35. The maximum Gasteiger partial charge on any atom is 0.355 e. The molecule has 2 rings (SSSR count). The Bertz CT molecular complexity index is 730. The van der Waals surface area contributed by atoms with E-state index in [-0.39, 0.29) is 5.69 Å². The fourth-order valence-electron chi connectivity index (χ4n) is 1.78. The number of amides is 1. The van der Waals surface area contributed by atoms with Gasteiger partial charge in [-0.15, -0.1) is 0 Å². The molecule has 2 N–H and O–H groups in total. The number of esters is 1. The molecule has 0 fully saturated rings. The lowest BCUT2D eigenvalue weighted by Crippen LogP contribution is -2.30. The Morgan fingerprint density at radius 1 is 1.22 bits per heavy atom. The second-order valence-electron chi connectivity index (χ2n) is 4.61. The first kappa shape index (κ1) is 17.2. The van der Waals surface area contributed by atoms with Gasteiger partial charge in [-0.1, -0.05) is 23.2 Å². The second kappa shape index (κ2) is 7.39. The number of carbonyl (C=O) groups excluding carboxylic acids is 2. The van der Waals surface area contributed by atoms with Crippen molar-refractivity contribution >= 4 is 40.8 Å². The number of rotatable bonds is 5. The zero-order chi connectivity index (χ0) is 17.0. The molecule has 8 heteroatoms. The van der Waals surface area contributed by atoms with Crippen LogP contribution in [0.5, 0.6) is 5.75 Å². The zero-order valence-electron chi connectivity index (χ0n) is 12.4. The summed E-state index contributed by atoms with van der Waals surface area (Å²) >= 11 is 11.6. The maximum atomic E-state index is 12.1. The minimum atomic E-state index is -1.02. The largest absolute Gasteiger partial charge is 0.495 e. The quantitative estimate of drug-likeness (QED) is 0.803. The molecule has 0 aliphatic rings. The highest BCUT2D eigenvalue weighted by atomic mass is 35.5. The van der Waals surface area contributed by atoms with Crippen molar-refractivity contribution in [2.75, 3.05) is 12.4 Å². The minimum absolute atomic E-state index is 0.162. The van der Waals surface area contributed by atoms with Gasteiger partial charge in [0.15, 0.2) is 6.10 Å². The molecule has 0 unspecified atom stereocenters. The van der Waals surface area contributed by atoms with Crippen LogP contribution >= 0.6 is 23.2 Å². The summed E-state index contributed by atoms with van der Waals surface area (Å²) in [5.41, 5.74) is 0.547. The number of anilines is 1. The lowest BCUT2D eigenvalue weighted by molar-refractivity contribution is -0.123. The van der Waals surface area contributed by atoms with Gasteiger partial charge in [0.1, 0.15) is 11.4 Å². The van der Waals surface area contributed by atoms with E-state index in [2.05, 4.69) is 10.3 Å². The molecule has 1 atom stereocenters. The Kier molecular flexibility index (Phi) is 5.52. The Labute approximate surface area is 142 Å². The molecular formula is C15H14Cl2N2O4. The molecular weight excluding hydrogens is 343 g/mol. The van der Waals surface area contributed by atoms with E-state index in [0.717, 1.165) is 0 Å². The number of H-pyrrole nitrogens is 1. The number of hydrogen-bond donors (Lipinski definition) is 2. The molecule has 0 aliphatic heterocycles. The number of ether oxygens (including phenoxy) is 2. The SMILES string of the molecule is COc1ccc(Cl)cc1NC(=O)[C@@H](C)OC(=O)c1cc(Cl)c[nH]1. The lowest BCUT2D eigenvalue weighted by atomic mass is 10.2. The van der Waals surface area contributed by atoms with E-state index in [4.69, 9.17) is 32.7 Å². The summed E-state index contributed by atoms with van der Waals surface area (Å²) in [7, 11) is 1.47. The number of benzene rings is 1. The summed E-state index contributed by atoms with van der Waals surface area (Å²) in [5.74, 6) is -0.758. The van der Waals surface area contributed by atoms with Gasteiger partial charge in [-0.3, -0.25) is 4.79 Å². The Morgan fingerprint density at radius 3 is 2.57 bits per heavy atom. The number of aromatic amines is 1. The molecule has 0 bridgehead atoms. The molecule has 1 amide bonds. The van der Waals surface area contributed by atoms with Crippen LogP contribution in [0.4, 0.5) is 5.69 Å². The van der Waals surface area contributed by atoms with Crippen molar-refractivity contribution in [3.63, 3.8) is 0 Å². The predicted octanol–water partition coefficient (Wildman–Crippen LogP) is 3.51. The van der Waals surface area contributed by atoms with Gasteiger partial charge in [0.05, 0.1) is 17.8 Å². The van der Waals surface area contributed by atoms with Crippen LogP contribution < -0.4 is 10.1 Å². The zero-order valence-corrected chi connectivity index (χ0v) is 13.9. The van der Waals surface area contributed by atoms with E-state index in [0.29, 0.717) is 21.5 Å². The van der Waals surface area contributed by atoms with Crippen LogP contribution in [0.25, 0.3) is 0 Å². The molecule has 0 radical (unpaired) electrons. The van der Waals surface area contributed by atoms with E-state index in [1.165, 1.54) is 32.4 Å². The molecule has 0 aliphatic carbocycles. The van der Waals surface area contributed by atoms with Crippen molar-refractivity contribution in [2.24, 2.45) is 0 Å².